The molecule has 1 saturated carbocycles. The van der Waals surface area contributed by atoms with Crippen LogP contribution in [0.2, 0.25) is 0 Å². The number of anilines is 1. The SMILES string of the molecule is CC(C)(CCCO)Cn1c(C2CC2)nc2cc(N)ccc21. The fourth-order valence-electron chi connectivity index (χ4n) is 3.05. The number of nitrogens with zero attached hydrogens (tertiary/aromatic N) is 2. The van der Waals surface area contributed by atoms with Gasteiger partial charge in [0.2, 0.25) is 0 Å². The fourth-order valence-corrected chi connectivity index (χ4v) is 3.05. The Bertz CT molecular complexity index is 641. The smallest absolute Gasteiger partial charge is 0.113 e. The van der Waals surface area contributed by atoms with Crippen LogP contribution in [0.15, 0.2) is 18.2 Å². The predicted octanol–water partition coefficient (Wildman–Crippen LogP) is 3.29. The Kier molecular flexibility index (Phi) is 3.66. The van der Waals surface area contributed by atoms with Crippen LogP contribution in [0.5, 0.6) is 0 Å². The van der Waals surface area contributed by atoms with Crippen molar-refractivity contribution in [1.82, 2.24) is 9.55 Å². The first-order valence-electron chi connectivity index (χ1n) is 7.87. The predicted molar refractivity (Wildman–Crippen MR) is 86.2 cm³/mol. The monoisotopic (exact) mass is 287 g/mol. The standard InChI is InChI=1S/C17H25N3O/c1-17(2,8-3-9-21)11-20-15-7-6-13(18)10-14(15)19-16(20)12-4-5-12/h6-7,10,12,21H,3-5,8-9,11,18H2,1-2H3. The third-order valence-electron chi connectivity index (χ3n) is 4.34. The van der Waals surface area contributed by atoms with Crippen LogP contribution in [0.3, 0.4) is 0 Å². The second-order valence-corrected chi connectivity index (χ2v) is 7.07. The molecule has 0 radical (unpaired) electrons. The first-order chi connectivity index (χ1) is 10.00. The van der Waals surface area contributed by atoms with Gasteiger partial charge in [0, 0.05) is 24.8 Å². The molecule has 0 saturated heterocycles. The number of nitrogens with two attached hydrogens (primary N) is 1. The van der Waals surface area contributed by atoms with E-state index in [0.29, 0.717) is 5.92 Å². The quantitative estimate of drug-likeness (QED) is 0.801. The number of hydrogen-bond donors (Lipinski definition) is 2. The van der Waals surface area contributed by atoms with Gasteiger partial charge in [-0.15, -0.1) is 0 Å². The van der Waals surface area contributed by atoms with E-state index in [1.807, 2.05) is 12.1 Å². The third kappa shape index (κ3) is 3.05. The van der Waals surface area contributed by atoms with Crippen molar-refractivity contribution >= 4 is 16.7 Å². The van der Waals surface area contributed by atoms with Crippen molar-refractivity contribution in [2.45, 2.75) is 52.0 Å². The largest absolute Gasteiger partial charge is 0.399 e. The van der Waals surface area contributed by atoms with E-state index in [-0.39, 0.29) is 12.0 Å². The van der Waals surface area contributed by atoms with Crippen molar-refractivity contribution in [3.63, 3.8) is 0 Å². The molecular weight excluding hydrogens is 262 g/mol. The molecule has 21 heavy (non-hydrogen) atoms. The summed E-state index contributed by atoms with van der Waals surface area (Å²) < 4.78 is 2.38. The average Bonchev–Trinajstić information content (AvgIpc) is 3.21. The highest BCUT2D eigenvalue weighted by molar-refractivity contribution is 5.80. The number of rotatable bonds is 6. The lowest BCUT2D eigenvalue weighted by Gasteiger charge is -2.26. The summed E-state index contributed by atoms with van der Waals surface area (Å²) in [4.78, 5) is 4.83. The van der Waals surface area contributed by atoms with E-state index in [9.17, 15) is 0 Å². The summed E-state index contributed by atoms with van der Waals surface area (Å²) in [6.45, 7) is 5.74. The molecule has 3 N–H and O–H groups in total. The molecule has 1 fully saturated rings. The van der Waals surface area contributed by atoms with Crippen LogP contribution >= 0.6 is 0 Å². The molecule has 1 aromatic carbocycles. The zero-order valence-electron chi connectivity index (χ0n) is 13.0. The lowest BCUT2D eigenvalue weighted by Crippen LogP contribution is -2.21. The Morgan fingerprint density at radius 2 is 2.14 bits per heavy atom. The van der Waals surface area contributed by atoms with Gasteiger partial charge in [0.15, 0.2) is 0 Å². The molecule has 0 aliphatic heterocycles. The lowest BCUT2D eigenvalue weighted by atomic mass is 9.87. The van der Waals surface area contributed by atoms with E-state index in [1.165, 1.54) is 24.2 Å². The summed E-state index contributed by atoms with van der Waals surface area (Å²) in [7, 11) is 0. The van der Waals surface area contributed by atoms with Gasteiger partial charge in [0.1, 0.15) is 5.82 Å². The summed E-state index contributed by atoms with van der Waals surface area (Å²) in [6.07, 6.45) is 4.36. The number of aliphatic hydroxyl groups excluding tert-OH is 1. The maximum absolute atomic E-state index is 9.08. The lowest BCUT2D eigenvalue weighted by molar-refractivity contribution is 0.222. The number of aliphatic hydroxyl groups is 1. The molecule has 4 nitrogen and oxygen atoms in total. The Balaban J connectivity index is 1.97. The van der Waals surface area contributed by atoms with Crippen LogP contribution in [0, 0.1) is 5.41 Å². The van der Waals surface area contributed by atoms with Crippen LogP contribution in [-0.4, -0.2) is 21.3 Å². The zero-order chi connectivity index (χ0) is 15.0. The van der Waals surface area contributed by atoms with Crippen molar-refractivity contribution < 1.29 is 5.11 Å². The second kappa shape index (κ2) is 5.34. The molecule has 2 aromatic rings. The molecule has 1 aliphatic carbocycles. The molecule has 1 aromatic heterocycles. The highest BCUT2D eigenvalue weighted by Gasteiger charge is 2.31. The highest BCUT2D eigenvalue weighted by atomic mass is 16.2. The number of benzene rings is 1. The highest BCUT2D eigenvalue weighted by Crippen LogP contribution is 2.42. The number of aromatic nitrogens is 2. The number of hydrogen-bond acceptors (Lipinski definition) is 3. The normalized spacial score (nSPS) is 15.8. The molecule has 0 amide bonds. The van der Waals surface area contributed by atoms with Gasteiger partial charge < -0.3 is 15.4 Å². The molecule has 3 rings (SSSR count). The average molecular weight is 287 g/mol. The Morgan fingerprint density at radius 1 is 1.38 bits per heavy atom. The number of fused-ring (bicyclic) bond motifs is 1. The van der Waals surface area contributed by atoms with E-state index in [1.54, 1.807) is 0 Å². The van der Waals surface area contributed by atoms with E-state index in [0.717, 1.165) is 30.6 Å². The van der Waals surface area contributed by atoms with Crippen LogP contribution < -0.4 is 5.73 Å². The van der Waals surface area contributed by atoms with Crippen molar-refractivity contribution in [2.24, 2.45) is 5.41 Å². The van der Waals surface area contributed by atoms with Gasteiger partial charge in [-0.1, -0.05) is 13.8 Å². The summed E-state index contributed by atoms with van der Waals surface area (Å²) in [5, 5.41) is 9.08. The molecule has 1 aliphatic rings. The third-order valence-corrected chi connectivity index (χ3v) is 4.34. The molecule has 114 valence electrons. The van der Waals surface area contributed by atoms with Gasteiger partial charge >= 0.3 is 0 Å². The Hall–Kier alpha value is -1.55. The molecule has 0 bridgehead atoms. The van der Waals surface area contributed by atoms with E-state index >= 15 is 0 Å². The first-order valence-corrected chi connectivity index (χ1v) is 7.87. The van der Waals surface area contributed by atoms with Gasteiger partial charge in [0.05, 0.1) is 11.0 Å². The number of imidazole rings is 1. The maximum atomic E-state index is 9.08. The molecule has 0 spiro atoms. The van der Waals surface area contributed by atoms with Crippen molar-refractivity contribution in [3.05, 3.63) is 24.0 Å². The van der Waals surface area contributed by atoms with Crippen LogP contribution in [0.1, 0.15) is 51.3 Å². The van der Waals surface area contributed by atoms with Crippen LogP contribution in [-0.2, 0) is 6.54 Å². The fraction of sp³-hybridized carbons (Fsp3) is 0.588. The van der Waals surface area contributed by atoms with E-state index < -0.39 is 0 Å². The summed E-state index contributed by atoms with van der Waals surface area (Å²) in [5.74, 6) is 1.83. The molecule has 4 heteroatoms. The van der Waals surface area contributed by atoms with Gasteiger partial charge in [-0.2, -0.15) is 0 Å². The van der Waals surface area contributed by atoms with Crippen molar-refractivity contribution in [1.29, 1.82) is 0 Å². The van der Waals surface area contributed by atoms with Gasteiger partial charge in [0.25, 0.3) is 0 Å². The van der Waals surface area contributed by atoms with E-state index in [2.05, 4.69) is 24.5 Å². The van der Waals surface area contributed by atoms with Crippen molar-refractivity contribution in [2.75, 3.05) is 12.3 Å². The number of nitrogen functional groups attached to an aromatic ring is 1. The second-order valence-electron chi connectivity index (χ2n) is 7.07. The molecule has 0 atom stereocenters. The maximum Gasteiger partial charge on any atom is 0.113 e. The van der Waals surface area contributed by atoms with Crippen LogP contribution in [0.4, 0.5) is 5.69 Å². The van der Waals surface area contributed by atoms with Crippen molar-refractivity contribution in [3.8, 4) is 0 Å². The Morgan fingerprint density at radius 3 is 2.81 bits per heavy atom. The van der Waals surface area contributed by atoms with E-state index in [4.69, 9.17) is 15.8 Å². The summed E-state index contributed by atoms with van der Waals surface area (Å²) in [6, 6.07) is 6.02. The summed E-state index contributed by atoms with van der Waals surface area (Å²) >= 11 is 0. The van der Waals surface area contributed by atoms with Crippen LogP contribution in [0.25, 0.3) is 11.0 Å². The minimum Gasteiger partial charge on any atom is -0.399 e. The minimum atomic E-state index is 0.154. The Labute approximate surface area is 126 Å². The minimum absolute atomic E-state index is 0.154. The topological polar surface area (TPSA) is 64.1 Å². The first kappa shape index (κ1) is 14.4. The van der Waals surface area contributed by atoms with Gasteiger partial charge in [-0.05, 0) is 49.3 Å². The van der Waals surface area contributed by atoms with Gasteiger partial charge in [-0.25, -0.2) is 4.98 Å². The van der Waals surface area contributed by atoms with Gasteiger partial charge in [-0.3, -0.25) is 0 Å². The molecule has 0 unspecified atom stereocenters. The molecule has 1 heterocycles. The summed E-state index contributed by atoms with van der Waals surface area (Å²) in [5.41, 5.74) is 9.01. The zero-order valence-corrected chi connectivity index (χ0v) is 13.0. The molecular formula is C17H25N3O.